The molecule has 0 atom stereocenters. The van der Waals surface area contributed by atoms with Gasteiger partial charge in [-0.05, 0) is 100 Å². The molecule has 0 aliphatic carbocycles. The number of urea groups is 1. The number of anilines is 1. The summed E-state index contributed by atoms with van der Waals surface area (Å²) in [6.07, 6.45) is 3.53. The van der Waals surface area contributed by atoms with Gasteiger partial charge < -0.3 is 4.74 Å². The number of halogens is 2. The maximum Gasteiger partial charge on any atom is 0.335 e. The number of rotatable bonds is 8. The summed E-state index contributed by atoms with van der Waals surface area (Å²) in [5.74, 6) is -1.02. The second-order valence-electron chi connectivity index (χ2n) is 8.59. The van der Waals surface area contributed by atoms with Gasteiger partial charge in [-0.1, -0.05) is 22.0 Å². The lowest BCUT2D eigenvalue weighted by molar-refractivity contribution is -0.384. The van der Waals surface area contributed by atoms with Crippen molar-refractivity contribution in [2.45, 2.75) is 20.0 Å². The average molecular weight is 655 g/mol. The molecule has 1 aliphatic heterocycles. The molecule has 0 unspecified atom stereocenters. The maximum absolute atomic E-state index is 13.3. The van der Waals surface area contributed by atoms with Crippen LogP contribution in [0.15, 0.2) is 81.8 Å². The third kappa shape index (κ3) is 6.15. The molecule has 39 heavy (non-hydrogen) atoms. The molecule has 9 nitrogen and oxygen atoms in total. The minimum Gasteiger partial charge on any atom is -0.487 e. The summed E-state index contributed by atoms with van der Waals surface area (Å²) in [4.78, 5) is 49.9. The van der Waals surface area contributed by atoms with Gasteiger partial charge in [-0.25, -0.2) is 9.69 Å². The third-order valence-corrected chi connectivity index (χ3v) is 7.33. The van der Waals surface area contributed by atoms with Crippen LogP contribution in [0.5, 0.6) is 5.75 Å². The molecule has 1 aliphatic rings. The maximum atomic E-state index is 13.3. The Balaban J connectivity index is 1.64. The van der Waals surface area contributed by atoms with Crippen molar-refractivity contribution in [3.05, 3.63) is 114 Å². The molecule has 1 saturated heterocycles. The summed E-state index contributed by atoms with van der Waals surface area (Å²) in [6, 6.07) is 13.7. The van der Waals surface area contributed by atoms with Crippen LogP contribution in [0.25, 0.3) is 6.08 Å². The van der Waals surface area contributed by atoms with Crippen molar-refractivity contribution >= 4 is 67.2 Å². The second kappa shape index (κ2) is 11.7. The number of amides is 4. The largest absolute Gasteiger partial charge is 0.487 e. The lowest BCUT2D eigenvalue weighted by Crippen LogP contribution is -2.54. The van der Waals surface area contributed by atoms with Crippen molar-refractivity contribution in [1.29, 1.82) is 0 Å². The van der Waals surface area contributed by atoms with Gasteiger partial charge in [0.25, 0.3) is 17.5 Å². The highest BCUT2D eigenvalue weighted by atomic mass is 79.9. The van der Waals surface area contributed by atoms with E-state index in [-0.39, 0.29) is 17.9 Å². The molecular weight excluding hydrogens is 634 g/mol. The Morgan fingerprint density at radius 1 is 1.05 bits per heavy atom. The van der Waals surface area contributed by atoms with Crippen LogP contribution in [-0.4, -0.2) is 22.8 Å². The predicted molar refractivity (Wildman–Crippen MR) is 153 cm³/mol. The third-order valence-electron chi connectivity index (χ3n) is 5.85. The molecule has 0 aromatic heterocycles. The molecular formula is C28H21Br2N3O6. The van der Waals surface area contributed by atoms with Gasteiger partial charge in [0.2, 0.25) is 0 Å². The van der Waals surface area contributed by atoms with Gasteiger partial charge in [-0.3, -0.25) is 25.0 Å². The van der Waals surface area contributed by atoms with Gasteiger partial charge in [0.05, 0.1) is 15.1 Å². The van der Waals surface area contributed by atoms with Crippen LogP contribution in [0.2, 0.25) is 0 Å². The van der Waals surface area contributed by atoms with E-state index in [0.29, 0.717) is 27.9 Å². The topological polar surface area (TPSA) is 119 Å². The zero-order valence-corrected chi connectivity index (χ0v) is 23.7. The number of nitro benzene ring substituents is 1. The number of imide groups is 2. The molecule has 198 valence electrons. The normalized spacial score (nSPS) is 14.4. The van der Waals surface area contributed by atoms with Gasteiger partial charge >= 0.3 is 6.03 Å². The van der Waals surface area contributed by atoms with Gasteiger partial charge in [0.1, 0.15) is 17.9 Å². The number of nitrogens with zero attached hydrogens (tertiary/aromatic N) is 2. The molecule has 1 heterocycles. The van der Waals surface area contributed by atoms with E-state index in [1.54, 1.807) is 48.5 Å². The van der Waals surface area contributed by atoms with E-state index in [1.807, 2.05) is 6.92 Å². The summed E-state index contributed by atoms with van der Waals surface area (Å²) in [6.45, 7) is 5.77. The van der Waals surface area contributed by atoms with Crippen LogP contribution < -0.4 is 15.0 Å². The van der Waals surface area contributed by atoms with E-state index >= 15 is 0 Å². The number of ether oxygens (including phenoxy) is 1. The number of carbonyl (C=O) groups is 3. The fourth-order valence-electron chi connectivity index (χ4n) is 3.92. The van der Waals surface area contributed by atoms with Crippen molar-refractivity contribution in [3.63, 3.8) is 0 Å². The Bertz CT molecular complexity index is 1550. The van der Waals surface area contributed by atoms with E-state index in [1.165, 1.54) is 18.2 Å². The van der Waals surface area contributed by atoms with Gasteiger partial charge in [0, 0.05) is 16.6 Å². The molecule has 4 amide bonds. The minimum absolute atomic E-state index is 0.0125. The van der Waals surface area contributed by atoms with E-state index in [9.17, 15) is 24.5 Å². The van der Waals surface area contributed by atoms with Crippen LogP contribution in [0.4, 0.5) is 16.2 Å². The fourth-order valence-corrected chi connectivity index (χ4v) is 4.80. The van der Waals surface area contributed by atoms with E-state index in [2.05, 4.69) is 43.8 Å². The number of aryl methyl sites for hydroxylation is 1. The molecule has 1 fully saturated rings. The summed E-state index contributed by atoms with van der Waals surface area (Å²) < 4.78 is 7.40. The zero-order chi connectivity index (χ0) is 28.3. The monoisotopic (exact) mass is 653 g/mol. The van der Waals surface area contributed by atoms with Crippen LogP contribution in [0.3, 0.4) is 0 Å². The van der Waals surface area contributed by atoms with Gasteiger partial charge in [-0.2, -0.15) is 0 Å². The Hall–Kier alpha value is -4.09. The highest BCUT2D eigenvalue weighted by Crippen LogP contribution is 2.34. The van der Waals surface area contributed by atoms with Crippen LogP contribution in [0.1, 0.15) is 22.3 Å². The Labute approximate surface area is 240 Å². The first kappa shape index (κ1) is 27.9. The Morgan fingerprint density at radius 2 is 1.77 bits per heavy atom. The van der Waals surface area contributed by atoms with Crippen molar-refractivity contribution in [1.82, 2.24) is 5.32 Å². The number of barbiturate groups is 1. The first-order valence-corrected chi connectivity index (χ1v) is 13.1. The molecule has 0 spiro atoms. The molecule has 0 bridgehead atoms. The summed E-state index contributed by atoms with van der Waals surface area (Å²) >= 11 is 6.91. The highest BCUT2D eigenvalue weighted by molar-refractivity contribution is 9.10. The molecule has 0 radical (unpaired) electrons. The standard InChI is InChI=1S/C28H21Br2N3O6/c1-3-4-19-12-18(14-24(30)25(19)39-15-17-5-7-20(8-6-17)33(37)38)13-22-26(34)31-28(36)32(27(22)35)21-9-10-23(29)16(2)11-21/h3,5-14H,1,4,15H2,2H3,(H,31,34,36)/b22-13+. The first-order valence-electron chi connectivity index (χ1n) is 11.6. The van der Waals surface area contributed by atoms with E-state index < -0.39 is 22.8 Å². The number of carbonyl (C=O) groups excluding carboxylic acids is 3. The number of hydrogen-bond donors (Lipinski definition) is 1. The SMILES string of the molecule is C=CCc1cc(/C=C2\C(=O)NC(=O)N(c3ccc(Br)c(C)c3)C2=O)cc(Br)c1OCc1ccc([N+](=O)[O-])cc1. The number of allylic oxidation sites excluding steroid dienone is 1. The Morgan fingerprint density at radius 3 is 2.41 bits per heavy atom. The van der Waals surface area contributed by atoms with Crippen LogP contribution in [-0.2, 0) is 22.6 Å². The average Bonchev–Trinajstić information content (AvgIpc) is 2.88. The van der Waals surface area contributed by atoms with Crippen molar-refractivity contribution < 1.29 is 24.0 Å². The minimum atomic E-state index is -0.826. The van der Waals surface area contributed by atoms with E-state index in [4.69, 9.17) is 4.74 Å². The molecule has 0 saturated carbocycles. The summed E-state index contributed by atoms with van der Waals surface area (Å²) in [5, 5.41) is 13.1. The molecule has 11 heteroatoms. The lowest BCUT2D eigenvalue weighted by Gasteiger charge is -2.26. The van der Waals surface area contributed by atoms with Crippen LogP contribution in [0, 0.1) is 17.0 Å². The van der Waals surface area contributed by atoms with Crippen molar-refractivity contribution in [2.75, 3.05) is 4.90 Å². The summed E-state index contributed by atoms with van der Waals surface area (Å²) in [5.41, 5.74) is 2.93. The van der Waals surface area contributed by atoms with Gasteiger partial charge in [0.15, 0.2) is 0 Å². The number of hydrogen-bond acceptors (Lipinski definition) is 6. The number of nitrogens with one attached hydrogen (secondary N) is 1. The first-order chi connectivity index (χ1) is 18.6. The molecule has 3 aromatic carbocycles. The number of benzene rings is 3. The predicted octanol–water partition coefficient (Wildman–Crippen LogP) is 6.40. The van der Waals surface area contributed by atoms with Crippen molar-refractivity contribution in [3.8, 4) is 5.75 Å². The lowest BCUT2D eigenvalue weighted by atomic mass is 10.0. The number of nitro groups is 1. The number of non-ortho nitro benzene ring substituents is 1. The zero-order valence-electron chi connectivity index (χ0n) is 20.6. The second-order valence-corrected chi connectivity index (χ2v) is 10.3. The summed E-state index contributed by atoms with van der Waals surface area (Å²) in [7, 11) is 0. The van der Waals surface area contributed by atoms with Gasteiger partial charge in [-0.15, -0.1) is 6.58 Å². The molecule has 3 aromatic rings. The molecule has 4 rings (SSSR count). The van der Waals surface area contributed by atoms with Crippen LogP contribution >= 0.6 is 31.9 Å². The smallest absolute Gasteiger partial charge is 0.335 e. The quantitative estimate of drug-likeness (QED) is 0.0987. The Kier molecular flexibility index (Phi) is 8.41. The molecule has 1 N–H and O–H groups in total. The fraction of sp³-hybridized carbons (Fsp3) is 0.107. The van der Waals surface area contributed by atoms with Crippen molar-refractivity contribution in [2.24, 2.45) is 0 Å². The highest BCUT2D eigenvalue weighted by Gasteiger charge is 2.37. The van der Waals surface area contributed by atoms with E-state index in [0.717, 1.165) is 26.1 Å².